The Kier molecular flexibility index (Phi) is 12.5. The number of phenols is 1. The molecule has 0 bridgehead atoms. The molecule has 1 aliphatic rings. The third-order valence-corrected chi connectivity index (χ3v) is 6.96. The molecule has 12 heteroatoms. The van der Waals surface area contributed by atoms with Gasteiger partial charge in [-0.2, -0.15) is 5.26 Å². The van der Waals surface area contributed by atoms with Gasteiger partial charge in [0.05, 0.1) is 39.8 Å². The minimum Gasteiger partial charge on any atom is -0.506 e. The Morgan fingerprint density at radius 1 is 1.20 bits per heavy atom. The van der Waals surface area contributed by atoms with Gasteiger partial charge in [-0.15, -0.1) is 0 Å². The van der Waals surface area contributed by atoms with Crippen LogP contribution in [-0.4, -0.2) is 70.9 Å². The summed E-state index contributed by atoms with van der Waals surface area (Å²) in [4.78, 5) is 22.8. The average molecular weight is 631 g/mol. The van der Waals surface area contributed by atoms with Crippen molar-refractivity contribution in [3.8, 4) is 17.6 Å². The van der Waals surface area contributed by atoms with Gasteiger partial charge in [-0.1, -0.05) is 23.7 Å². The molecule has 0 aliphatic carbocycles. The Hall–Kier alpha value is -4.73. The van der Waals surface area contributed by atoms with Crippen LogP contribution >= 0.6 is 11.6 Å². The molecule has 1 saturated heterocycles. The van der Waals surface area contributed by atoms with Gasteiger partial charge in [-0.25, -0.2) is 0 Å². The number of nitriles is 1. The molecule has 0 spiro atoms. The fourth-order valence-corrected chi connectivity index (χ4v) is 4.54. The van der Waals surface area contributed by atoms with E-state index in [2.05, 4.69) is 26.7 Å². The van der Waals surface area contributed by atoms with Crippen molar-refractivity contribution >= 4 is 45.5 Å². The molecule has 0 unspecified atom stereocenters. The highest BCUT2D eigenvalue weighted by molar-refractivity contribution is 6.32. The third-order valence-electron chi connectivity index (χ3n) is 6.66. The Labute approximate surface area is 266 Å². The van der Waals surface area contributed by atoms with Crippen LogP contribution < -0.4 is 15.4 Å². The number of pyridine rings is 2. The number of fused-ring (bicyclic) bond motifs is 1. The fraction of sp³-hybridized carbons (Fsp3) is 0.273. The number of carbonyl (C=O) groups excluding carboxylic acids is 1. The maximum atomic E-state index is 12.5. The number of aromatic nitrogens is 2. The van der Waals surface area contributed by atoms with E-state index in [1.807, 2.05) is 30.1 Å². The number of hydrogen-bond acceptors (Lipinski definition) is 10. The van der Waals surface area contributed by atoms with Crippen LogP contribution in [0.2, 0.25) is 5.02 Å². The number of hydrogen-bond donors (Lipinski definition) is 4. The summed E-state index contributed by atoms with van der Waals surface area (Å²) < 4.78 is 10.7. The molecule has 45 heavy (non-hydrogen) atoms. The van der Waals surface area contributed by atoms with Crippen LogP contribution in [0.15, 0.2) is 73.1 Å². The normalized spacial score (nSPS) is 12.5. The molecular weight excluding hydrogens is 596 g/mol. The van der Waals surface area contributed by atoms with E-state index >= 15 is 0 Å². The Balaban J connectivity index is 0.000000838. The van der Waals surface area contributed by atoms with Crippen LogP contribution in [0, 0.1) is 11.3 Å². The van der Waals surface area contributed by atoms with Crippen LogP contribution in [0.3, 0.4) is 0 Å². The first-order valence-corrected chi connectivity index (χ1v) is 14.8. The number of anilines is 3. The topological polar surface area (TPSA) is 153 Å². The summed E-state index contributed by atoms with van der Waals surface area (Å²) in [5, 5.41) is 36.0. The van der Waals surface area contributed by atoms with Gasteiger partial charge in [-0.3, -0.25) is 14.8 Å². The van der Waals surface area contributed by atoms with Crippen LogP contribution in [0.25, 0.3) is 10.9 Å². The van der Waals surface area contributed by atoms with E-state index < -0.39 is 5.91 Å². The number of rotatable bonds is 11. The number of phenolic OH excluding ortho intramolecular Hbond substituents is 1. The number of aromatic hydroxyl groups is 1. The lowest BCUT2D eigenvalue weighted by atomic mass is 10.1. The largest absolute Gasteiger partial charge is 0.506 e. The number of benzene rings is 2. The van der Waals surface area contributed by atoms with Gasteiger partial charge < -0.3 is 35.2 Å². The molecule has 11 nitrogen and oxygen atoms in total. The van der Waals surface area contributed by atoms with Gasteiger partial charge in [0, 0.05) is 61.9 Å². The molecule has 3 heterocycles. The average Bonchev–Trinajstić information content (AvgIpc) is 3.63. The molecule has 1 fully saturated rings. The van der Waals surface area contributed by atoms with Crippen molar-refractivity contribution < 1.29 is 24.5 Å². The monoisotopic (exact) mass is 630 g/mol. The maximum absolute atomic E-state index is 12.5. The van der Waals surface area contributed by atoms with E-state index in [4.69, 9.17) is 26.2 Å². The Morgan fingerprint density at radius 3 is 2.69 bits per heavy atom. The Bertz CT molecular complexity index is 1650. The van der Waals surface area contributed by atoms with E-state index in [1.165, 1.54) is 31.2 Å². The molecule has 2 aromatic carbocycles. The van der Waals surface area contributed by atoms with E-state index in [9.17, 15) is 15.2 Å². The zero-order valence-corrected chi connectivity index (χ0v) is 25.6. The summed E-state index contributed by atoms with van der Waals surface area (Å²) in [5.41, 5.74) is 2.61. The quantitative estimate of drug-likeness (QED) is 0.125. The molecule has 5 rings (SSSR count). The molecule has 234 valence electrons. The standard InChI is InChI=1S/C29H27ClN6O4.C4H8O/c1-36(11-12-37)10-4-6-28(39)35-25-14-22-24(15-26(25)38)33-17-19(16-31)29(22)34-20-7-8-27(23(30)13-20)40-18-21-5-2-3-9-32-21;1-2-4-5-3-1/h2-9,13-15,17,37-38H,10-12,18H2,1H3,(H,33,34)(H,35,39);1-4H2/b6-4+;. The smallest absolute Gasteiger partial charge is 0.248 e. The zero-order valence-electron chi connectivity index (χ0n) is 24.9. The lowest BCUT2D eigenvalue weighted by Crippen LogP contribution is -2.22. The van der Waals surface area contributed by atoms with Crippen molar-refractivity contribution in [1.82, 2.24) is 14.9 Å². The number of aliphatic hydroxyl groups is 1. The van der Waals surface area contributed by atoms with Crippen molar-refractivity contribution in [3.63, 3.8) is 0 Å². The summed E-state index contributed by atoms with van der Waals surface area (Å²) in [6, 6.07) is 15.8. The van der Waals surface area contributed by atoms with Crippen molar-refractivity contribution in [2.24, 2.45) is 0 Å². The predicted molar refractivity (Wildman–Crippen MR) is 174 cm³/mol. The van der Waals surface area contributed by atoms with Gasteiger partial charge in [-0.05, 0) is 56.3 Å². The number of ether oxygens (including phenoxy) is 2. The second-order valence-corrected chi connectivity index (χ2v) is 10.5. The first-order chi connectivity index (χ1) is 21.9. The van der Waals surface area contributed by atoms with Crippen molar-refractivity contribution in [2.75, 3.05) is 50.6 Å². The minimum atomic E-state index is -0.445. The molecular formula is C33H35ClN6O5. The summed E-state index contributed by atoms with van der Waals surface area (Å²) >= 11 is 6.47. The highest BCUT2D eigenvalue weighted by Gasteiger charge is 2.15. The maximum Gasteiger partial charge on any atom is 0.248 e. The van der Waals surface area contributed by atoms with Gasteiger partial charge in [0.25, 0.3) is 0 Å². The zero-order chi connectivity index (χ0) is 32.0. The number of aliphatic hydroxyl groups excluding tert-OH is 1. The van der Waals surface area contributed by atoms with E-state index in [0.717, 1.165) is 18.9 Å². The second-order valence-electron chi connectivity index (χ2n) is 10.1. The van der Waals surface area contributed by atoms with Gasteiger partial charge in [0.1, 0.15) is 24.2 Å². The van der Waals surface area contributed by atoms with Crippen LogP contribution in [0.4, 0.5) is 17.1 Å². The lowest BCUT2D eigenvalue weighted by Gasteiger charge is -2.15. The Morgan fingerprint density at radius 2 is 2.02 bits per heavy atom. The SMILES string of the molecule is C1CCOC1.CN(C/C=C/C(=O)Nc1cc2c(Nc3ccc(OCc4ccccn4)c(Cl)c3)c(C#N)cnc2cc1O)CCO. The van der Waals surface area contributed by atoms with Crippen molar-refractivity contribution in [1.29, 1.82) is 5.26 Å². The van der Waals surface area contributed by atoms with Crippen LogP contribution in [-0.2, 0) is 16.1 Å². The van der Waals surface area contributed by atoms with Crippen molar-refractivity contribution in [2.45, 2.75) is 19.4 Å². The predicted octanol–water partition coefficient (Wildman–Crippen LogP) is 5.40. The minimum absolute atomic E-state index is 0.0205. The van der Waals surface area contributed by atoms with Crippen molar-refractivity contribution in [3.05, 3.63) is 89.4 Å². The lowest BCUT2D eigenvalue weighted by molar-refractivity contribution is -0.111. The van der Waals surface area contributed by atoms with Crippen LogP contribution in [0.5, 0.6) is 11.5 Å². The second kappa shape index (κ2) is 16.9. The molecule has 2 aromatic heterocycles. The first-order valence-electron chi connectivity index (χ1n) is 14.4. The third kappa shape index (κ3) is 9.89. The number of amides is 1. The fourth-order valence-electron chi connectivity index (χ4n) is 4.31. The summed E-state index contributed by atoms with van der Waals surface area (Å²) in [7, 11) is 1.82. The molecule has 4 N–H and O–H groups in total. The molecule has 0 saturated carbocycles. The van der Waals surface area contributed by atoms with E-state index in [1.54, 1.807) is 36.5 Å². The summed E-state index contributed by atoms with van der Waals surface area (Å²) in [6.07, 6.45) is 8.64. The highest BCUT2D eigenvalue weighted by atomic mass is 35.5. The number of likely N-dealkylation sites (N-methyl/N-ethyl adjacent to an activating group) is 1. The van der Waals surface area contributed by atoms with E-state index in [0.29, 0.717) is 46.1 Å². The molecule has 0 radical (unpaired) electrons. The van der Waals surface area contributed by atoms with Crippen LogP contribution in [0.1, 0.15) is 24.1 Å². The molecule has 1 amide bonds. The number of nitrogens with one attached hydrogen (secondary N) is 2. The number of carbonyl (C=O) groups is 1. The number of halogens is 1. The summed E-state index contributed by atoms with van der Waals surface area (Å²) in [5.74, 6) is -0.144. The first kappa shape index (κ1) is 33.2. The van der Waals surface area contributed by atoms with E-state index in [-0.39, 0.29) is 30.2 Å². The summed E-state index contributed by atoms with van der Waals surface area (Å²) in [6.45, 7) is 3.23. The van der Waals surface area contributed by atoms with Gasteiger partial charge in [0.2, 0.25) is 5.91 Å². The number of nitrogens with zero attached hydrogens (tertiary/aromatic N) is 4. The molecule has 1 aliphatic heterocycles. The van der Waals surface area contributed by atoms with Gasteiger partial charge >= 0.3 is 0 Å². The molecule has 0 atom stereocenters. The van der Waals surface area contributed by atoms with Gasteiger partial charge in [0.15, 0.2) is 0 Å². The molecule has 4 aromatic rings. The highest BCUT2D eigenvalue weighted by Crippen LogP contribution is 2.37.